The first-order chi connectivity index (χ1) is 4.74. The first-order valence-electron chi connectivity index (χ1n) is 3.68. The summed E-state index contributed by atoms with van der Waals surface area (Å²) in [5.74, 6) is 0. The van der Waals surface area contributed by atoms with Crippen LogP contribution in [0.2, 0.25) is 0 Å². The van der Waals surface area contributed by atoms with E-state index in [2.05, 4.69) is 19.9 Å². The lowest BCUT2D eigenvalue weighted by Gasteiger charge is -2.13. The van der Waals surface area contributed by atoms with Crippen LogP contribution in [-0.4, -0.2) is 11.7 Å². The molecule has 0 bridgehead atoms. The van der Waals surface area contributed by atoms with Crippen LogP contribution >= 0.6 is 0 Å². The zero-order valence-corrected chi connectivity index (χ0v) is 6.65. The number of rotatable bonds is 1. The Bertz CT molecular complexity index is 187. The maximum absolute atomic E-state index is 8.80. The van der Waals surface area contributed by atoms with Gasteiger partial charge in [-0.1, -0.05) is 17.2 Å². The third-order valence-corrected chi connectivity index (χ3v) is 2.12. The molecule has 1 rings (SSSR count). The molecule has 1 nitrogen and oxygen atoms in total. The molecule has 1 aliphatic carbocycles. The van der Waals surface area contributed by atoms with Gasteiger partial charge in [-0.25, -0.2) is 0 Å². The second-order valence-electron chi connectivity index (χ2n) is 2.96. The van der Waals surface area contributed by atoms with Crippen molar-refractivity contribution in [3.63, 3.8) is 0 Å². The van der Waals surface area contributed by atoms with Crippen LogP contribution in [0.5, 0.6) is 0 Å². The third-order valence-electron chi connectivity index (χ3n) is 2.12. The second kappa shape index (κ2) is 3.02. The summed E-state index contributed by atoms with van der Waals surface area (Å²) in [7, 11) is 0. The minimum atomic E-state index is 0.227. The zero-order chi connectivity index (χ0) is 7.56. The number of hydrogen-bond acceptors (Lipinski definition) is 1. The maximum Gasteiger partial charge on any atom is 0.0645 e. The summed E-state index contributed by atoms with van der Waals surface area (Å²) in [6, 6.07) is 0. The van der Waals surface area contributed by atoms with E-state index in [1.165, 1.54) is 16.7 Å². The fourth-order valence-corrected chi connectivity index (χ4v) is 1.16. The molecule has 0 atom stereocenters. The minimum absolute atomic E-state index is 0.227. The van der Waals surface area contributed by atoms with Crippen LogP contribution in [0.1, 0.15) is 26.7 Å². The van der Waals surface area contributed by atoms with E-state index in [1.807, 2.05) is 0 Å². The summed E-state index contributed by atoms with van der Waals surface area (Å²) in [6.07, 6.45) is 4.13. The molecule has 0 saturated carbocycles. The van der Waals surface area contributed by atoms with Gasteiger partial charge in [-0.15, -0.1) is 0 Å². The van der Waals surface area contributed by atoms with Crippen molar-refractivity contribution in [3.8, 4) is 0 Å². The Morgan fingerprint density at radius 1 is 1.40 bits per heavy atom. The van der Waals surface area contributed by atoms with Crippen molar-refractivity contribution in [3.05, 3.63) is 22.8 Å². The second-order valence-corrected chi connectivity index (χ2v) is 2.96. The molecule has 0 saturated heterocycles. The minimum Gasteiger partial charge on any atom is -0.392 e. The van der Waals surface area contributed by atoms with Crippen LogP contribution in [0.4, 0.5) is 0 Å². The molecule has 0 spiro atoms. The first-order valence-corrected chi connectivity index (χ1v) is 3.68. The van der Waals surface area contributed by atoms with Gasteiger partial charge in [0.05, 0.1) is 6.61 Å². The van der Waals surface area contributed by atoms with Crippen molar-refractivity contribution >= 4 is 0 Å². The summed E-state index contributed by atoms with van der Waals surface area (Å²) in [6.45, 7) is 4.52. The topological polar surface area (TPSA) is 20.2 Å². The molecular weight excluding hydrogens is 124 g/mol. The number of allylic oxidation sites excluding steroid dienone is 3. The standard InChI is InChI=1S/C9H14O/c1-7-3-4-9(6-10)5-8(7)2/h4,10H,3,5-6H2,1-2H3. The van der Waals surface area contributed by atoms with Crippen molar-refractivity contribution in [1.29, 1.82) is 0 Å². The van der Waals surface area contributed by atoms with Crippen molar-refractivity contribution in [2.24, 2.45) is 0 Å². The first kappa shape index (κ1) is 7.55. The van der Waals surface area contributed by atoms with Gasteiger partial charge in [-0.3, -0.25) is 0 Å². The summed E-state index contributed by atoms with van der Waals surface area (Å²) >= 11 is 0. The van der Waals surface area contributed by atoms with Gasteiger partial charge in [0.15, 0.2) is 0 Å². The molecule has 0 aromatic rings. The molecule has 0 radical (unpaired) electrons. The van der Waals surface area contributed by atoms with Crippen LogP contribution in [0.3, 0.4) is 0 Å². The van der Waals surface area contributed by atoms with Crippen LogP contribution in [0.15, 0.2) is 22.8 Å². The van der Waals surface area contributed by atoms with E-state index in [9.17, 15) is 0 Å². The Morgan fingerprint density at radius 2 is 2.10 bits per heavy atom. The van der Waals surface area contributed by atoms with Crippen LogP contribution in [-0.2, 0) is 0 Å². The average molecular weight is 138 g/mol. The van der Waals surface area contributed by atoms with Gasteiger partial charge < -0.3 is 5.11 Å². The molecule has 0 amide bonds. The highest BCUT2D eigenvalue weighted by atomic mass is 16.3. The predicted molar refractivity (Wildman–Crippen MR) is 42.8 cm³/mol. The number of hydrogen-bond donors (Lipinski definition) is 1. The maximum atomic E-state index is 8.80. The molecule has 0 fully saturated rings. The van der Waals surface area contributed by atoms with Crippen LogP contribution in [0, 0.1) is 0 Å². The van der Waals surface area contributed by atoms with Gasteiger partial charge in [0.2, 0.25) is 0 Å². The number of aliphatic hydroxyl groups is 1. The fourth-order valence-electron chi connectivity index (χ4n) is 1.16. The molecule has 0 aromatic heterocycles. The summed E-state index contributed by atoms with van der Waals surface area (Å²) < 4.78 is 0. The monoisotopic (exact) mass is 138 g/mol. The van der Waals surface area contributed by atoms with E-state index in [1.54, 1.807) is 0 Å². The Kier molecular flexibility index (Phi) is 2.28. The Morgan fingerprint density at radius 3 is 2.60 bits per heavy atom. The Balaban J connectivity index is 2.63. The highest BCUT2D eigenvalue weighted by Gasteiger charge is 2.05. The fraction of sp³-hybridized carbons (Fsp3) is 0.556. The largest absolute Gasteiger partial charge is 0.392 e. The molecule has 1 heteroatoms. The quantitative estimate of drug-likeness (QED) is 0.550. The SMILES string of the molecule is CC1=C(C)CC(CO)=CC1. The molecule has 1 N–H and O–H groups in total. The summed E-state index contributed by atoms with van der Waals surface area (Å²) in [4.78, 5) is 0. The van der Waals surface area contributed by atoms with E-state index >= 15 is 0 Å². The molecule has 10 heavy (non-hydrogen) atoms. The Labute approximate surface area is 62.1 Å². The highest BCUT2D eigenvalue weighted by Crippen LogP contribution is 2.22. The molecule has 0 heterocycles. The van der Waals surface area contributed by atoms with Gasteiger partial charge in [-0.2, -0.15) is 0 Å². The normalized spacial score (nSPS) is 19.3. The molecule has 0 aliphatic heterocycles. The lowest BCUT2D eigenvalue weighted by atomic mass is 9.94. The molecule has 1 aliphatic rings. The van der Waals surface area contributed by atoms with Gasteiger partial charge >= 0.3 is 0 Å². The van der Waals surface area contributed by atoms with Crippen molar-refractivity contribution in [1.82, 2.24) is 0 Å². The van der Waals surface area contributed by atoms with E-state index in [-0.39, 0.29) is 6.61 Å². The van der Waals surface area contributed by atoms with Gasteiger partial charge in [-0.05, 0) is 32.3 Å². The van der Waals surface area contributed by atoms with Crippen molar-refractivity contribution in [2.75, 3.05) is 6.61 Å². The third kappa shape index (κ3) is 1.48. The molecular formula is C9H14O. The molecule has 56 valence electrons. The summed E-state index contributed by atoms with van der Waals surface area (Å²) in [5, 5.41) is 8.80. The van der Waals surface area contributed by atoms with Crippen molar-refractivity contribution < 1.29 is 5.11 Å². The van der Waals surface area contributed by atoms with E-state index in [0.29, 0.717) is 0 Å². The van der Waals surface area contributed by atoms with Crippen LogP contribution in [0.25, 0.3) is 0 Å². The lowest BCUT2D eigenvalue weighted by molar-refractivity contribution is 0.327. The Hall–Kier alpha value is -0.560. The molecule has 0 aromatic carbocycles. The van der Waals surface area contributed by atoms with Crippen LogP contribution < -0.4 is 0 Å². The van der Waals surface area contributed by atoms with Gasteiger partial charge in [0, 0.05) is 0 Å². The van der Waals surface area contributed by atoms with Gasteiger partial charge in [0.25, 0.3) is 0 Å². The van der Waals surface area contributed by atoms with Gasteiger partial charge in [0.1, 0.15) is 0 Å². The zero-order valence-electron chi connectivity index (χ0n) is 6.65. The average Bonchev–Trinajstić information content (AvgIpc) is 1.95. The lowest BCUT2D eigenvalue weighted by Crippen LogP contribution is -1.98. The number of aliphatic hydroxyl groups excluding tert-OH is 1. The smallest absolute Gasteiger partial charge is 0.0645 e. The summed E-state index contributed by atoms with van der Waals surface area (Å²) in [5.41, 5.74) is 4.05. The van der Waals surface area contributed by atoms with E-state index < -0.39 is 0 Å². The van der Waals surface area contributed by atoms with Crippen molar-refractivity contribution in [2.45, 2.75) is 26.7 Å². The predicted octanol–water partition coefficient (Wildman–Crippen LogP) is 2.04. The molecule has 0 unspecified atom stereocenters. The van der Waals surface area contributed by atoms with E-state index in [0.717, 1.165) is 12.8 Å². The highest BCUT2D eigenvalue weighted by molar-refractivity contribution is 5.26. The van der Waals surface area contributed by atoms with E-state index in [4.69, 9.17) is 5.11 Å².